The molecule has 5 heteroatoms. The fraction of sp³-hybridized carbons (Fsp3) is 0.300. The molecule has 0 aliphatic rings. The van der Waals surface area contributed by atoms with Crippen molar-refractivity contribution in [2.75, 3.05) is 12.4 Å². The SMILES string of the molecule is COc1nn(C)cc1NCc1ccco1. The van der Waals surface area contributed by atoms with Crippen LogP contribution in [0.1, 0.15) is 5.76 Å². The smallest absolute Gasteiger partial charge is 0.256 e. The standard InChI is InChI=1S/C10H13N3O2/c1-13-7-9(10(12-13)14-2)11-6-8-4-3-5-15-8/h3-5,7,11H,6H2,1-2H3. The van der Waals surface area contributed by atoms with Crippen molar-refractivity contribution in [3.63, 3.8) is 0 Å². The number of hydrogen-bond acceptors (Lipinski definition) is 4. The number of rotatable bonds is 4. The van der Waals surface area contributed by atoms with Crippen LogP contribution in [-0.2, 0) is 13.6 Å². The van der Waals surface area contributed by atoms with Gasteiger partial charge in [0, 0.05) is 7.05 Å². The molecule has 0 bridgehead atoms. The second-order valence-electron chi connectivity index (χ2n) is 3.16. The van der Waals surface area contributed by atoms with Crippen molar-refractivity contribution in [1.29, 1.82) is 0 Å². The van der Waals surface area contributed by atoms with Gasteiger partial charge in [-0.15, -0.1) is 5.10 Å². The fourth-order valence-corrected chi connectivity index (χ4v) is 1.34. The molecule has 0 fully saturated rings. The summed E-state index contributed by atoms with van der Waals surface area (Å²) in [7, 11) is 3.45. The van der Waals surface area contributed by atoms with Crippen LogP contribution in [0.2, 0.25) is 0 Å². The molecule has 5 nitrogen and oxygen atoms in total. The van der Waals surface area contributed by atoms with Gasteiger partial charge >= 0.3 is 0 Å². The summed E-state index contributed by atoms with van der Waals surface area (Å²) < 4.78 is 12.0. The minimum absolute atomic E-state index is 0.587. The average Bonchev–Trinajstić information content (AvgIpc) is 2.83. The largest absolute Gasteiger partial charge is 0.478 e. The highest BCUT2D eigenvalue weighted by Crippen LogP contribution is 2.21. The maximum absolute atomic E-state index is 5.21. The molecule has 80 valence electrons. The summed E-state index contributed by atoms with van der Waals surface area (Å²) >= 11 is 0. The molecule has 0 aliphatic carbocycles. The highest BCUT2D eigenvalue weighted by atomic mass is 16.5. The molecule has 0 spiro atoms. The molecule has 1 N–H and O–H groups in total. The first-order chi connectivity index (χ1) is 7.29. The van der Waals surface area contributed by atoms with Crippen LogP contribution in [0, 0.1) is 0 Å². The number of ether oxygens (including phenoxy) is 1. The van der Waals surface area contributed by atoms with E-state index in [1.54, 1.807) is 18.1 Å². The zero-order chi connectivity index (χ0) is 10.7. The van der Waals surface area contributed by atoms with Gasteiger partial charge in [-0.2, -0.15) is 0 Å². The Morgan fingerprint density at radius 2 is 2.47 bits per heavy atom. The van der Waals surface area contributed by atoms with E-state index in [9.17, 15) is 0 Å². The summed E-state index contributed by atoms with van der Waals surface area (Å²) in [4.78, 5) is 0. The van der Waals surface area contributed by atoms with E-state index in [1.807, 2.05) is 25.4 Å². The summed E-state index contributed by atoms with van der Waals surface area (Å²) in [6.07, 6.45) is 3.51. The quantitative estimate of drug-likeness (QED) is 0.828. The number of methoxy groups -OCH3 is 1. The third kappa shape index (κ3) is 2.12. The van der Waals surface area contributed by atoms with Crippen LogP contribution in [0.5, 0.6) is 5.88 Å². The summed E-state index contributed by atoms with van der Waals surface area (Å²) in [6.45, 7) is 0.620. The number of aromatic nitrogens is 2. The van der Waals surface area contributed by atoms with Crippen molar-refractivity contribution < 1.29 is 9.15 Å². The van der Waals surface area contributed by atoms with E-state index in [1.165, 1.54) is 0 Å². The molecule has 2 rings (SSSR count). The summed E-state index contributed by atoms with van der Waals surface area (Å²) in [5.41, 5.74) is 0.858. The fourth-order valence-electron chi connectivity index (χ4n) is 1.34. The molecule has 0 radical (unpaired) electrons. The highest BCUT2D eigenvalue weighted by Gasteiger charge is 2.07. The third-order valence-electron chi connectivity index (χ3n) is 2.02. The van der Waals surface area contributed by atoms with E-state index in [4.69, 9.17) is 9.15 Å². The first-order valence-corrected chi connectivity index (χ1v) is 4.63. The first kappa shape index (κ1) is 9.64. The minimum atomic E-state index is 0.587. The molecule has 0 aliphatic heterocycles. The van der Waals surface area contributed by atoms with Crippen molar-refractivity contribution in [3.05, 3.63) is 30.4 Å². The van der Waals surface area contributed by atoms with Crippen LogP contribution in [0.3, 0.4) is 0 Å². The van der Waals surface area contributed by atoms with Gasteiger partial charge in [-0.05, 0) is 12.1 Å². The van der Waals surface area contributed by atoms with E-state index >= 15 is 0 Å². The molecule has 0 amide bonds. The second-order valence-corrected chi connectivity index (χ2v) is 3.16. The van der Waals surface area contributed by atoms with Gasteiger partial charge < -0.3 is 14.5 Å². The van der Waals surface area contributed by atoms with Gasteiger partial charge in [0.2, 0.25) is 0 Å². The average molecular weight is 207 g/mol. The van der Waals surface area contributed by atoms with Gasteiger partial charge in [0.25, 0.3) is 5.88 Å². The molecule has 15 heavy (non-hydrogen) atoms. The van der Waals surface area contributed by atoms with E-state index < -0.39 is 0 Å². The lowest BCUT2D eigenvalue weighted by atomic mass is 10.4. The first-order valence-electron chi connectivity index (χ1n) is 4.63. The summed E-state index contributed by atoms with van der Waals surface area (Å²) in [6, 6.07) is 3.77. The molecular weight excluding hydrogens is 194 g/mol. The monoisotopic (exact) mass is 207 g/mol. The van der Waals surface area contributed by atoms with E-state index in [-0.39, 0.29) is 0 Å². The molecule has 0 aromatic carbocycles. The Kier molecular flexibility index (Phi) is 2.62. The van der Waals surface area contributed by atoms with Gasteiger partial charge in [-0.1, -0.05) is 0 Å². The van der Waals surface area contributed by atoms with Gasteiger partial charge in [0.05, 0.1) is 26.1 Å². The number of anilines is 1. The lowest BCUT2D eigenvalue weighted by Crippen LogP contribution is -1.98. The minimum Gasteiger partial charge on any atom is -0.478 e. The van der Waals surface area contributed by atoms with Crippen LogP contribution in [0.4, 0.5) is 5.69 Å². The van der Waals surface area contributed by atoms with Crippen LogP contribution < -0.4 is 10.1 Å². The molecule has 0 atom stereocenters. The lowest BCUT2D eigenvalue weighted by molar-refractivity contribution is 0.393. The Morgan fingerprint density at radius 1 is 1.60 bits per heavy atom. The Bertz CT molecular complexity index is 420. The van der Waals surface area contributed by atoms with Gasteiger partial charge in [0.15, 0.2) is 0 Å². The van der Waals surface area contributed by atoms with Crippen molar-refractivity contribution >= 4 is 5.69 Å². The maximum atomic E-state index is 5.21. The van der Waals surface area contributed by atoms with Gasteiger partial charge in [-0.3, -0.25) is 4.68 Å². The molecule has 0 saturated carbocycles. The van der Waals surface area contributed by atoms with Gasteiger partial charge in [0.1, 0.15) is 11.4 Å². The van der Waals surface area contributed by atoms with Crippen LogP contribution >= 0.6 is 0 Å². The number of aryl methyl sites for hydroxylation is 1. The third-order valence-corrected chi connectivity index (χ3v) is 2.02. The Morgan fingerprint density at radius 3 is 3.13 bits per heavy atom. The lowest BCUT2D eigenvalue weighted by Gasteiger charge is -2.02. The number of nitrogens with one attached hydrogen (secondary N) is 1. The predicted molar refractivity (Wildman–Crippen MR) is 55.8 cm³/mol. The van der Waals surface area contributed by atoms with E-state index in [2.05, 4.69) is 10.4 Å². The van der Waals surface area contributed by atoms with Crippen LogP contribution in [-0.4, -0.2) is 16.9 Å². The second kappa shape index (κ2) is 4.08. The van der Waals surface area contributed by atoms with Crippen LogP contribution in [0.15, 0.2) is 29.0 Å². The molecule has 2 aromatic rings. The molecule has 0 unspecified atom stereocenters. The summed E-state index contributed by atoms with van der Waals surface area (Å²) in [5.74, 6) is 1.46. The number of furan rings is 1. The predicted octanol–water partition coefficient (Wildman–Crippen LogP) is 1.63. The normalized spacial score (nSPS) is 10.3. The zero-order valence-electron chi connectivity index (χ0n) is 8.73. The van der Waals surface area contributed by atoms with Crippen molar-refractivity contribution in [2.45, 2.75) is 6.54 Å². The molecular formula is C10H13N3O2. The van der Waals surface area contributed by atoms with Crippen molar-refractivity contribution in [1.82, 2.24) is 9.78 Å². The Balaban J connectivity index is 2.04. The zero-order valence-corrected chi connectivity index (χ0v) is 8.73. The van der Waals surface area contributed by atoms with Crippen LogP contribution in [0.25, 0.3) is 0 Å². The Labute approximate surface area is 87.6 Å². The summed E-state index contributed by atoms with van der Waals surface area (Å²) in [5, 5.41) is 7.32. The Hall–Kier alpha value is -1.91. The maximum Gasteiger partial charge on any atom is 0.256 e. The van der Waals surface area contributed by atoms with E-state index in [0.717, 1.165) is 11.4 Å². The molecule has 2 aromatic heterocycles. The van der Waals surface area contributed by atoms with Crippen molar-refractivity contribution in [3.8, 4) is 5.88 Å². The topological polar surface area (TPSA) is 52.2 Å². The number of nitrogens with zero attached hydrogens (tertiary/aromatic N) is 2. The number of hydrogen-bond donors (Lipinski definition) is 1. The van der Waals surface area contributed by atoms with E-state index in [0.29, 0.717) is 12.4 Å². The van der Waals surface area contributed by atoms with Gasteiger partial charge in [-0.25, -0.2) is 0 Å². The highest BCUT2D eigenvalue weighted by molar-refractivity contribution is 5.51. The molecule has 2 heterocycles. The molecule has 0 saturated heterocycles. The van der Waals surface area contributed by atoms with Crippen molar-refractivity contribution in [2.24, 2.45) is 7.05 Å².